The summed E-state index contributed by atoms with van der Waals surface area (Å²) in [6, 6.07) is 7.12. The molecule has 0 aromatic heterocycles. The second kappa shape index (κ2) is 3.90. The van der Waals surface area contributed by atoms with Crippen LogP contribution >= 0.6 is 0 Å². The van der Waals surface area contributed by atoms with Crippen LogP contribution in [-0.2, 0) is 0 Å². The Hall–Kier alpha value is -1.31. The molecule has 0 radical (unpaired) electrons. The van der Waals surface area contributed by atoms with E-state index in [1.165, 1.54) is 0 Å². The maximum Gasteiger partial charge on any atom is 0.0443 e. The van der Waals surface area contributed by atoms with Crippen molar-refractivity contribution >= 4 is 6.21 Å². The van der Waals surface area contributed by atoms with Crippen LogP contribution in [0.15, 0.2) is 29.3 Å². The van der Waals surface area contributed by atoms with Crippen LogP contribution in [0.5, 0.6) is 5.75 Å². The number of hydrogen-bond acceptors (Lipinski definition) is 2. The molecule has 64 valence electrons. The minimum absolute atomic E-state index is 0.0295. The van der Waals surface area contributed by atoms with E-state index < -0.39 is 0 Å². The minimum atomic E-state index is 0.0295. The van der Waals surface area contributed by atoms with E-state index in [4.69, 9.17) is 0 Å². The molecule has 12 heavy (non-hydrogen) atoms. The number of nitrogens with zero attached hydrogens (tertiary/aromatic N) is 1. The molecule has 0 saturated carbocycles. The molecule has 0 heterocycles. The normalized spacial score (nSPS) is 11.2. The van der Waals surface area contributed by atoms with Crippen LogP contribution in [0.4, 0.5) is 0 Å². The molecule has 0 amide bonds. The monoisotopic (exact) mass is 162 g/mol. The zero-order chi connectivity index (χ0) is 8.97. The van der Waals surface area contributed by atoms with Crippen LogP contribution in [0.25, 0.3) is 0 Å². The molecule has 0 bridgehead atoms. The molecule has 0 aliphatic carbocycles. The van der Waals surface area contributed by atoms with Crippen molar-refractivity contribution in [3.63, 3.8) is 0 Å². The van der Waals surface area contributed by atoms with Crippen LogP contribution in [-0.4, -0.2) is 12.3 Å². The van der Waals surface area contributed by atoms with Crippen molar-refractivity contribution in [1.29, 1.82) is 0 Å². The molecule has 0 unspecified atom stereocenters. The molecule has 1 aromatic rings. The van der Waals surface area contributed by atoms with E-state index in [1.807, 2.05) is 19.9 Å². The lowest BCUT2D eigenvalue weighted by atomic mass is 10.2. The van der Waals surface area contributed by atoms with Gasteiger partial charge >= 0.3 is 0 Å². The third-order valence-electron chi connectivity index (χ3n) is 1.43. The lowest BCUT2D eigenvalue weighted by Crippen LogP contribution is -1.97. The Morgan fingerprint density at radius 1 is 1.33 bits per heavy atom. The number of hydrogen-bond donors (Lipinski definition) is 0. The lowest BCUT2D eigenvalue weighted by Gasteiger charge is -2.08. The molecule has 0 spiro atoms. The topological polar surface area (TPSA) is 35.4 Å². The van der Waals surface area contributed by atoms with Gasteiger partial charge in [0, 0.05) is 12.3 Å². The van der Waals surface area contributed by atoms with Gasteiger partial charge < -0.3 is 5.11 Å². The van der Waals surface area contributed by atoms with E-state index in [2.05, 4.69) is 4.99 Å². The lowest BCUT2D eigenvalue weighted by molar-refractivity contribution is -0.268. The van der Waals surface area contributed by atoms with Crippen LogP contribution in [0.3, 0.4) is 0 Å². The van der Waals surface area contributed by atoms with Gasteiger partial charge in [-0.1, -0.05) is 24.3 Å². The predicted molar refractivity (Wildman–Crippen MR) is 48.6 cm³/mol. The van der Waals surface area contributed by atoms with Gasteiger partial charge in [-0.25, -0.2) is 0 Å². The van der Waals surface area contributed by atoms with Gasteiger partial charge in [-0.15, -0.1) is 5.75 Å². The highest BCUT2D eigenvalue weighted by Crippen LogP contribution is 2.09. The summed E-state index contributed by atoms with van der Waals surface area (Å²) in [6.07, 6.45) is 1.63. The van der Waals surface area contributed by atoms with Gasteiger partial charge in [-0.05, 0) is 19.4 Å². The number of rotatable bonds is 2. The van der Waals surface area contributed by atoms with E-state index in [0.717, 1.165) is 0 Å². The SMILES string of the molecule is CC(C)N=Cc1ccccc1[O-]. The van der Waals surface area contributed by atoms with E-state index >= 15 is 0 Å². The fraction of sp³-hybridized carbons (Fsp3) is 0.300. The first-order valence-corrected chi connectivity index (χ1v) is 3.99. The highest BCUT2D eigenvalue weighted by molar-refractivity contribution is 5.83. The molecule has 0 N–H and O–H groups in total. The highest BCUT2D eigenvalue weighted by Gasteiger charge is 1.88. The van der Waals surface area contributed by atoms with Crippen molar-refractivity contribution in [1.82, 2.24) is 0 Å². The fourth-order valence-electron chi connectivity index (χ4n) is 0.817. The van der Waals surface area contributed by atoms with E-state index in [9.17, 15) is 5.11 Å². The number of benzene rings is 1. The third-order valence-corrected chi connectivity index (χ3v) is 1.43. The second-order valence-electron chi connectivity index (χ2n) is 2.91. The van der Waals surface area contributed by atoms with Gasteiger partial charge in [0.1, 0.15) is 0 Å². The predicted octanol–water partition coefficient (Wildman–Crippen LogP) is 1.59. The molecular weight excluding hydrogens is 150 g/mol. The van der Waals surface area contributed by atoms with Crippen LogP contribution in [0.1, 0.15) is 19.4 Å². The first kappa shape index (κ1) is 8.78. The first-order chi connectivity index (χ1) is 5.70. The zero-order valence-corrected chi connectivity index (χ0v) is 7.32. The summed E-state index contributed by atoms with van der Waals surface area (Å²) in [5.41, 5.74) is 0.659. The average Bonchev–Trinajstić information content (AvgIpc) is 2.03. The van der Waals surface area contributed by atoms with Gasteiger partial charge in [0.05, 0.1) is 0 Å². The Balaban J connectivity index is 2.82. The van der Waals surface area contributed by atoms with Crippen molar-refractivity contribution in [2.24, 2.45) is 4.99 Å². The average molecular weight is 162 g/mol. The van der Waals surface area contributed by atoms with Crippen LogP contribution < -0.4 is 5.11 Å². The summed E-state index contributed by atoms with van der Waals surface area (Å²) in [5, 5.41) is 11.1. The zero-order valence-electron chi connectivity index (χ0n) is 7.32. The maximum absolute atomic E-state index is 11.1. The number of aliphatic imine (C=N–C) groups is 1. The van der Waals surface area contributed by atoms with Crippen molar-refractivity contribution in [3.8, 4) is 5.75 Å². The quantitative estimate of drug-likeness (QED) is 0.608. The van der Waals surface area contributed by atoms with Crippen molar-refractivity contribution in [2.75, 3.05) is 0 Å². The summed E-state index contributed by atoms with van der Waals surface area (Å²) in [6.45, 7) is 3.95. The van der Waals surface area contributed by atoms with Crippen LogP contribution in [0.2, 0.25) is 0 Å². The molecule has 1 rings (SSSR count). The molecule has 1 aromatic carbocycles. The minimum Gasteiger partial charge on any atom is -0.872 e. The van der Waals surface area contributed by atoms with E-state index in [0.29, 0.717) is 5.56 Å². The summed E-state index contributed by atoms with van der Waals surface area (Å²) in [5.74, 6) is 0.0295. The Kier molecular flexibility index (Phi) is 2.86. The first-order valence-electron chi connectivity index (χ1n) is 3.99. The Morgan fingerprint density at radius 2 is 2.00 bits per heavy atom. The van der Waals surface area contributed by atoms with Crippen molar-refractivity contribution in [3.05, 3.63) is 29.8 Å². The van der Waals surface area contributed by atoms with Gasteiger partial charge in [0.15, 0.2) is 0 Å². The van der Waals surface area contributed by atoms with Crippen LogP contribution in [0, 0.1) is 0 Å². The molecular formula is C10H12NO-. The third kappa shape index (κ3) is 2.38. The molecule has 0 fully saturated rings. The second-order valence-corrected chi connectivity index (χ2v) is 2.91. The number of para-hydroxylation sites is 1. The highest BCUT2D eigenvalue weighted by atomic mass is 16.3. The fourth-order valence-corrected chi connectivity index (χ4v) is 0.817. The molecule has 0 atom stereocenters. The van der Waals surface area contributed by atoms with E-state index in [-0.39, 0.29) is 11.8 Å². The maximum atomic E-state index is 11.1. The summed E-state index contributed by atoms with van der Waals surface area (Å²) >= 11 is 0. The Morgan fingerprint density at radius 3 is 2.58 bits per heavy atom. The molecule has 0 aliphatic heterocycles. The molecule has 2 nitrogen and oxygen atoms in total. The molecule has 2 heteroatoms. The standard InChI is InChI=1S/C10H13NO/c1-8(2)11-7-9-5-3-4-6-10(9)12/h3-8,12H,1-2H3/p-1. The van der Waals surface area contributed by atoms with Crippen molar-refractivity contribution in [2.45, 2.75) is 19.9 Å². The summed E-state index contributed by atoms with van der Waals surface area (Å²) in [7, 11) is 0. The van der Waals surface area contributed by atoms with Gasteiger partial charge in [-0.2, -0.15) is 0 Å². The van der Waals surface area contributed by atoms with Gasteiger partial charge in [-0.3, -0.25) is 4.99 Å². The summed E-state index contributed by atoms with van der Waals surface area (Å²) in [4.78, 5) is 4.13. The Bertz CT molecular complexity index is 279. The van der Waals surface area contributed by atoms with Crippen molar-refractivity contribution < 1.29 is 5.11 Å². The largest absolute Gasteiger partial charge is 0.872 e. The van der Waals surface area contributed by atoms with E-state index in [1.54, 1.807) is 24.4 Å². The van der Waals surface area contributed by atoms with Gasteiger partial charge in [0.2, 0.25) is 0 Å². The molecule has 0 saturated heterocycles. The van der Waals surface area contributed by atoms with Gasteiger partial charge in [0.25, 0.3) is 0 Å². The Labute approximate surface area is 72.6 Å². The smallest absolute Gasteiger partial charge is 0.0443 e. The summed E-state index contributed by atoms with van der Waals surface area (Å²) < 4.78 is 0. The molecule has 0 aliphatic rings.